The molecule has 2 fully saturated rings. The lowest BCUT2D eigenvalue weighted by atomic mass is 9.83. The van der Waals surface area contributed by atoms with Gasteiger partial charge in [-0.1, -0.05) is 18.2 Å². The van der Waals surface area contributed by atoms with E-state index in [1.165, 1.54) is 26.6 Å². The molecular formula is C33H42O17. The SMILES string of the molecule is COC(=O)C1=CO[C@@H](O[C@@H]2O[C@H](CO[C@@H]3O[C@H](COC(=O)C=Cc4ccc(OC)cc4)[C@@H](O)[C@H](O)[C@H]3O)[C@@H](O)[C@H](O)[C@H]2O)[C@@H]2C(CO)=CC[C@H]12. The average Bonchev–Trinajstić information content (AvgIpc) is 3.57. The Morgan fingerprint density at radius 1 is 0.840 bits per heavy atom. The molecule has 276 valence electrons. The van der Waals surface area contributed by atoms with Gasteiger partial charge in [0.2, 0.25) is 6.29 Å². The van der Waals surface area contributed by atoms with E-state index in [-0.39, 0.29) is 12.2 Å². The minimum Gasteiger partial charge on any atom is -0.497 e. The largest absolute Gasteiger partial charge is 0.497 e. The lowest BCUT2D eigenvalue weighted by Crippen LogP contribution is -2.62. The third-order valence-corrected chi connectivity index (χ3v) is 9.07. The number of rotatable bonds is 12. The van der Waals surface area contributed by atoms with Gasteiger partial charge in [-0.05, 0) is 35.8 Å². The van der Waals surface area contributed by atoms with E-state index >= 15 is 0 Å². The molecule has 17 heteroatoms. The molecule has 3 aliphatic heterocycles. The minimum atomic E-state index is -1.80. The third kappa shape index (κ3) is 8.19. The summed E-state index contributed by atoms with van der Waals surface area (Å²) in [6.45, 7) is -1.48. The standard InChI is InChI=1S/C33H42O17/c1-43-17-7-3-15(4-8-17)5-10-22(35)45-13-20-24(36)26(38)28(40)32(48-20)47-14-21-25(37)27(39)29(41)33(49-21)50-31-23-16(11-34)6-9-18(23)19(12-46-31)30(42)44-2/h3-8,10,12,18,20-21,23-29,31-34,36-41H,9,11,13-14H2,1-2H3/t18-,20-,21-,23-,24-,25-,26+,27+,28-,29-,31+,32-,33+/m1/s1. The zero-order valence-electron chi connectivity index (χ0n) is 27.2. The summed E-state index contributed by atoms with van der Waals surface area (Å²) in [6.07, 6.45) is -11.8. The molecule has 1 aromatic carbocycles. The lowest BCUT2D eigenvalue weighted by Gasteiger charge is -2.44. The van der Waals surface area contributed by atoms with Crippen LogP contribution in [0.1, 0.15) is 12.0 Å². The van der Waals surface area contributed by atoms with Crippen LogP contribution < -0.4 is 4.74 Å². The van der Waals surface area contributed by atoms with E-state index in [1.807, 2.05) is 0 Å². The number of aliphatic hydroxyl groups excluding tert-OH is 7. The van der Waals surface area contributed by atoms with Crippen molar-refractivity contribution < 1.29 is 83.2 Å². The van der Waals surface area contributed by atoms with Crippen LogP contribution in [0, 0.1) is 11.8 Å². The molecule has 0 aromatic heterocycles. The fraction of sp³-hybridized carbons (Fsp3) is 0.576. The molecule has 4 aliphatic rings. The number of esters is 2. The van der Waals surface area contributed by atoms with Gasteiger partial charge in [-0.2, -0.15) is 0 Å². The first-order chi connectivity index (χ1) is 24.0. The van der Waals surface area contributed by atoms with Crippen molar-refractivity contribution in [2.45, 2.75) is 74.1 Å². The predicted molar refractivity (Wildman–Crippen MR) is 165 cm³/mol. The molecule has 3 heterocycles. The highest BCUT2D eigenvalue weighted by atomic mass is 16.8. The molecule has 0 amide bonds. The molecule has 0 radical (unpaired) electrons. The van der Waals surface area contributed by atoms with Crippen LogP contribution >= 0.6 is 0 Å². The maximum absolute atomic E-state index is 12.3. The maximum Gasteiger partial charge on any atom is 0.337 e. The Kier molecular flexibility index (Phi) is 12.6. The molecule has 2 saturated heterocycles. The second-order valence-corrected chi connectivity index (χ2v) is 12.1. The van der Waals surface area contributed by atoms with Gasteiger partial charge >= 0.3 is 11.9 Å². The van der Waals surface area contributed by atoms with Crippen LogP contribution in [-0.4, -0.2) is 149 Å². The molecule has 0 unspecified atom stereocenters. The highest BCUT2D eigenvalue weighted by molar-refractivity contribution is 5.89. The number of benzene rings is 1. The van der Waals surface area contributed by atoms with Crippen LogP contribution in [0.3, 0.4) is 0 Å². The summed E-state index contributed by atoms with van der Waals surface area (Å²) in [6, 6.07) is 6.85. The maximum atomic E-state index is 12.3. The van der Waals surface area contributed by atoms with Crippen molar-refractivity contribution >= 4 is 18.0 Å². The van der Waals surface area contributed by atoms with E-state index < -0.39 is 105 Å². The molecule has 0 spiro atoms. The smallest absolute Gasteiger partial charge is 0.337 e. The van der Waals surface area contributed by atoms with Gasteiger partial charge in [0.05, 0.1) is 45.2 Å². The van der Waals surface area contributed by atoms with Crippen molar-refractivity contribution in [3.8, 4) is 5.75 Å². The number of allylic oxidation sites excluding steroid dienone is 1. The molecule has 1 aromatic rings. The fourth-order valence-electron chi connectivity index (χ4n) is 6.19. The Morgan fingerprint density at radius 2 is 1.48 bits per heavy atom. The molecule has 17 nitrogen and oxygen atoms in total. The van der Waals surface area contributed by atoms with Crippen molar-refractivity contribution in [3.63, 3.8) is 0 Å². The number of carbonyl (C=O) groups is 2. The van der Waals surface area contributed by atoms with Crippen molar-refractivity contribution in [3.05, 3.63) is 59.4 Å². The van der Waals surface area contributed by atoms with Crippen molar-refractivity contribution in [2.24, 2.45) is 11.8 Å². The minimum absolute atomic E-state index is 0.223. The molecular weight excluding hydrogens is 668 g/mol. The van der Waals surface area contributed by atoms with Crippen LogP contribution in [0.2, 0.25) is 0 Å². The molecule has 0 saturated carbocycles. The summed E-state index contributed by atoms with van der Waals surface area (Å²) < 4.78 is 43.5. The molecule has 50 heavy (non-hydrogen) atoms. The second kappa shape index (κ2) is 16.7. The summed E-state index contributed by atoms with van der Waals surface area (Å²) >= 11 is 0. The topological polar surface area (TPSA) is 250 Å². The zero-order chi connectivity index (χ0) is 36.1. The number of methoxy groups -OCH3 is 2. The second-order valence-electron chi connectivity index (χ2n) is 12.1. The van der Waals surface area contributed by atoms with E-state index in [1.54, 1.807) is 30.3 Å². The monoisotopic (exact) mass is 710 g/mol. The Bertz CT molecular complexity index is 1410. The number of carbonyl (C=O) groups excluding carboxylic acids is 2. The quantitative estimate of drug-likeness (QED) is 0.0695. The summed E-state index contributed by atoms with van der Waals surface area (Å²) in [5.41, 5.74) is 1.42. The summed E-state index contributed by atoms with van der Waals surface area (Å²) in [5.74, 6) is -1.91. The number of fused-ring (bicyclic) bond motifs is 1. The lowest BCUT2D eigenvalue weighted by molar-refractivity contribution is -0.352. The van der Waals surface area contributed by atoms with Crippen LogP contribution in [0.25, 0.3) is 6.08 Å². The van der Waals surface area contributed by atoms with E-state index in [0.29, 0.717) is 23.3 Å². The normalized spacial score (nSPS) is 36.9. The Morgan fingerprint density at radius 3 is 2.12 bits per heavy atom. The number of hydrogen-bond donors (Lipinski definition) is 7. The van der Waals surface area contributed by atoms with Crippen LogP contribution in [-0.2, 0) is 42.7 Å². The van der Waals surface area contributed by atoms with Gasteiger partial charge in [0.15, 0.2) is 12.6 Å². The van der Waals surface area contributed by atoms with Gasteiger partial charge in [-0.3, -0.25) is 0 Å². The molecule has 13 atom stereocenters. The Hall–Kier alpha value is -3.46. The van der Waals surface area contributed by atoms with E-state index in [2.05, 4.69) is 0 Å². The van der Waals surface area contributed by atoms with Crippen LogP contribution in [0.5, 0.6) is 5.75 Å². The number of hydrogen-bond acceptors (Lipinski definition) is 17. The first-order valence-electron chi connectivity index (χ1n) is 15.9. The van der Waals surface area contributed by atoms with Crippen LogP contribution in [0.4, 0.5) is 0 Å². The van der Waals surface area contributed by atoms with Crippen LogP contribution in [0.15, 0.2) is 53.8 Å². The zero-order valence-corrected chi connectivity index (χ0v) is 27.2. The summed E-state index contributed by atoms with van der Waals surface area (Å²) in [7, 11) is 2.74. The molecule has 7 N–H and O–H groups in total. The molecule has 5 rings (SSSR count). The van der Waals surface area contributed by atoms with E-state index in [9.17, 15) is 45.3 Å². The van der Waals surface area contributed by atoms with Gasteiger partial charge in [-0.25, -0.2) is 9.59 Å². The molecule has 0 bridgehead atoms. The predicted octanol–water partition coefficient (Wildman–Crippen LogP) is -2.13. The Labute approximate surface area is 286 Å². The first kappa shape index (κ1) is 37.8. The van der Waals surface area contributed by atoms with Gasteiger partial charge in [-0.15, -0.1) is 0 Å². The van der Waals surface area contributed by atoms with Gasteiger partial charge in [0, 0.05) is 12.0 Å². The highest BCUT2D eigenvalue weighted by Gasteiger charge is 2.51. The average molecular weight is 711 g/mol. The number of aliphatic hydroxyl groups is 7. The molecule has 1 aliphatic carbocycles. The highest BCUT2D eigenvalue weighted by Crippen LogP contribution is 2.44. The third-order valence-electron chi connectivity index (χ3n) is 9.07. The summed E-state index contributed by atoms with van der Waals surface area (Å²) in [5, 5.41) is 73.3. The van der Waals surface area contributed by atoms with E-state index in [0.717, 1.165) is 6.08 Å². The Balaban J connectivity index is 1.19. The fourth-order valence-corrected chi connectivity index (χ4v) is 6.19. The van der Waals surface area contributed by atoms with Crippen molar-refractivity contribution in [1.29, 1.82) is 0 Å². The van der Waals surface area contributed by atoms with Gasteiger partial charge in [0.1, 0.15) is 61.2 Å². The summed E-state index contributed by atoms with van der Waals surface area (Å²) in [4.78, 5) is 24.6. The van der Waals surface area contributed by atoms with E-state index in [4.69, 9.17) is 37.9 Å². The van der Waals surface area contributed by atoms with Gasteiger partial charge in [0.25, 0.3) is 0 Å². The van der Waals surface area contributed by atoms with Crippen molar-refractivity contribution in [2.75, 3.05) is 34.0 Å². The first-order valence-corrected chi connectivity index (χ1v) is 15.9. The number of ether oxygens (including phenoxy) is 8. The van der Waals surface area contributed by atoms with Crippen molar-refractivity contribution in [1.82, 2.24) is 0 Å². The van der Waals surface area contributed by atoms with Gasteiger partial charge < -0.3 is 73.6 Å².